The van der Waals surface area contributed by atoms with Crippen molar-refractivity contribution >= 4 is 28.2 Å². The molecule has 2 rings (SSSR count). The van der Waals surface area contributed by atoms with E-state index in [9.17, 15) is 4.79 Å². The minimum Gasteiger partial charge on any atom is -0.281 e. The summed E-state index contributed by atoms with van der Waals surface area (Å²) in [5.74, 6) is 0. The van der Waals surface area contributed by atoms with Gasteiger partial charge in [0, 0.05) is 5.56 Å². The van der Waals surface area contributed by atoms with E-state index >= 15 is 0 Å². The molecule has 0 amide bonds. The lowest BCUT2D eigenvalue weighted by Gasteiger charge is -1.92. The number of thiazole rings is 1. The van der Waals surface area contributed by atoms with Gasteiger partial charge in [0.15, 0.2) is 0 Å². The summed E-state index contributed by atoms with van der Waals surface area (Å²) in [6, 6.07) is 9.93. The highest BCUT2D eigenvalue weighted by molar-refractivity contribution is 8.13. The smallest absolute Gasteiger partial charge is 0.230 e. The minimum atomic E-state index is 0.0946. The van der Waals surface area contributed by atoms with Gasteiger partial charge in [0.05, 0.1) is 5.69 Å². The molecule has 0 saturated heterocycles. The lowest BCUT2D eigenvalue weighted by Crippen LogP contribution is -1.90. The van der Waals surface area contributed by atoms with Crippen LogP contribution in [0.4, 0.5) is 0 Å². The zero-order valence-electron chi connectivity index (χ0n) is 9.06. The van der Waals surface area contributed by atoms with Crippen molar-refractivity contribution in [3.8, 4) is 10.6 Å². The van der Waals surface area contributed by atoms with E-state index in [2.05, 4.69) is 4.98 Å². The molecule has 0 fully saturated rings. The van der Waals surface area contributed by atoms with Gasteiger partial charge >= 0.3 is 0 Å². The monoisotopic (exact) mass is 249 g/mol. The molecule has 0 aliphatic heterocycles. The molecule has 0 atom stereocenters. The Morgan fingerprint density at radius 1 is 1.31 bits per heavy atom. The summed E-state index contributed by atoms with van der Waals surface area (Å²) >= 11 is 2.70. The molecule has 2 aromatic rings. The molecule has 0 saturated carbocycles. The molecule has 16 heavy (non-hydrogen) atoms. The fourth-order valence-electron chi connectivity index (χ4n) is 1.38. The highest BCUT2D eigenvalue weighted by Crippen LogP contribution is 2.29. The van der Waals surface area contributed by atoms with Crippen molar-refractivity contribution in [3.63, 3.8) is 0 Å². The summed E-state index contributed by atoms with van der Waals surface area (Å²) in [5.41, 5.74) is 1.89. The van der Waals surface area contributed by atoms with E-state index in [1.54, 1.807) is 6.26 Å². The SMILES string of the molecule is CSC(=O)c1sc(-c2ccccc2)nc1C. The van der Waals surface area contributed by atoms with E-state index in [4.69, 9.17) is 0 Å². The number of aryl methyl sites for hydroxylation is 1. The van der Waals surface area contributed by atoms with E-state index in [-0.39, 0.29) is 5.12 Å². The van der Waals surface area contributed by atoms with Crippen LogP contribution in [0.25, 0.3) is 10.6 Å². The first kappa shape index (κ1) is 11.4. The van der Waals surface area contributed by atoms with Crippen molar-refractivity contribution in [1.82, 2.24) is 4.98 Å². The van der Waals surface area contributed by atoms with Crippen LogP contribution in [-0.2, 0) is 0 Å². The van der Waals surface area contributed by atoms with Gasteiger partial charge < -0.3 is 0 Å². The summed E-state index contributed by atoms with van der Waals surface area (Å²) in [6.07, 6.45) is 1.80. The third-order valence-corrected chi connectivity index (χ3v) is 4.10. The van der Waals surface area contributed by atoms with Crippen LogP contribution in [0.15, 0.2) is 30.3 Å². The number of hydrogen-bond acceptors (Lipinski definition) is 4. The summed E-state index contributed by atoms with van der Waals surface area (Å²) in [7, 11) is 0. The summed E-state index contributed by atoms with van der Waals surface area (Å²) < 4.78 is 0. The molecule has 1 heterocycles. The normalized spacial score (nSPS) is 10.4. The van der Waals surface area contributed by atoms with Gasteiger partial charge in [0.2, 0.25) is 5.12 Å². The molecule has 2 nitrogen and oxygen atoms in total. The van der Waals surface area contributed by atoms with E-state index < -0.39 is 0 Å². The maximum Gasteiger partial charge on any atom is 0.230 e. The first-order valence-corrected chi connectivity index (χ1v) is 6.87. The molecule has 0 unspecified atom stereocenters. The van der Waals surface area contributed by atoms with Gasteiger partial charge in [-0.1, -0.05) is 42.1 Å². The zero-order valence-corrected chi connectivity index (χ0v) is 10.7. The van der Waals surface area contributed by atoms with Crippen molar-refractivity contribution in [2.24, 2.45) is 0 Å². The minimum absolute atomic E-state index is 0.0946. The molecule has 0 aliphatic rings. The highest BCUT2D eigenvalue weighted by atomic mass is 32.2. The maximum atomic E-state index is 11.6. The molecule has 0 spiro atoms. The Balaban J connectivity index is 2.42. The van der Waals surface area contributed by atoms with E-state index in [0.717, 1.165) is 21.1 Å². The fraction of sp³-hybridized carbons (Fsp3) is 0.167. The standard InChI is InChI=1S/C12H11NOS2/c1-8-10(12(14)15-2)16-11(13-8)9-6-4-3-5-7-9/h3-7H,1-2H3. The molecular weight excluding hydrogens is 238 g/mol. The average Bonchev–Trinajstić information content (AvgIpc) is 2.71. The number of carbonyl (C=O) groups excluding carboxylic acids is 1. The molecule has 82 valence electrons. The number of hydrogen-bond donors (Lipinski definition) is 0. The predicted octanol–water partition coefficient (Wildman–Crippen LogP) is 3.62. The van der Waals surface area contributed by atoms with E-state index in [0.29, 0.717) is 0 Å². The Morgan fingerprint density at radius 2 is 2.00 bits per heavy atom. The third-order valence-electron chi connectivity index (χ3n) is 2.19. The van der Waals surface area contributed by atoms with Crippen LogP contribution >= 0.6 is 23.1 Å². The second-order valence-electron chi connectivity index (χ2n) is 3.29. The molecular formula is C12H11NOS2. The van der Waals surface area contributed by atoms with Crippen molar-refractivity contribution in [3.05, 3.63) is 40.9 Å². The fourth-order valence-corrected chi connectivity index (χ4v) is 3.00. The van der Waals surface area contributed by atoms with Gasteiger partial charge in [-0.2, -0.15) is 0 Å². The van der Waals surface area contributed by atoms with Gasteiger partial charge in [0.25, 0.3) is 0 Å². The van der Waals surface area contributed by atoms with Crippen LogP contribution in [0.5, 0.6) is 0 Å². The van der Waals surface area contributed by atoms with Crippen LogP contribution in [-0.4, -0.2) is 16.4 Å². The van der Waals surface area contributed by atoms with Crippen molar-refractivity contribution in [2.75, 3.05) is 6.26 Å². The average molecular weight is 249 g/mol. The van der Waals surface area contributed by atoms with Crippen molar-refractivity contribution in [2.45, 2.75) is 6.92 Å². The largest absolute Gasteiger partial charge is 0.281 e. The molecule has 0 bridgehead atoms. The predicted molar refractivity (Wildman–Crippen MR) is 70.1 cm³/mol. The number of thioether (sulfide) groups is 1. The number of nitrogens with zero attached hydrogens (tertiary/aromatic N) is 1. The Kier molecular flexibility index (Phi) is 3.41. The number of rotatable bonds is 2. The second kappa shape index (κ2) is 4.80. The zero-order chi connectivity index (χ0) is 11.5. The lowest BCUT2D eigenvalue weighted by molar-refractivity contribution is 0.109. The molecule has 0 N–H and O–H groups in total. The Bertz CT molecular complexity index is 505. The van der Waals surface area contributed by atoms with Gasteiger partial charge in [-0.3, -0.25) is 4.79 Å². The molecule has 4 heteroatoms. The Labute approximate surface area is 103 Å². The van der Waals surface area contributed by atoms with Crippen LogP contribution < -0.4 is 0 Å². The van der Waals surface area contributed by atoms with Gasteiger partial charge in [-0.05, 0) is 13.2 Å². The van der Waals surface area contributed by atoms with Crippen molar-refractivity contribution in [1.29, 1.82) is 0 Å². The number of carbonyl (C=O) groups is 1. The van der Waals surface area contributed by atoms with Crippen LogP contribution in [0.3, 0.4) is 0 Å². The Hall–Kier alpha value is -1.13. The Morgan fingerprint density at radius 3 is 2.62 bits per heavy atom. The summed E-state index contributed by atoms with van der Waals surface area (Å²) in [5, 5.41) is 1.01. The number of aromatic nitrogens is 1. The molecule has 1 aromatic carbocycles. The summed E-state index contributed by atoms with van der Waals surface area (Å²) in [4.78, 5) is 16.8. The van der Waals surface area contributed by atoms with E-state index in [1.807, 2.05) is 37.3 Å². The maximum absolute atomic E-state index is 11.6. The molecule has 1 aromatic heterocycles. The summed E-state index contributed by atoms with van der Waals surface area (Å²) in [6.45, 7) is 1.88. The van der Waals surface area contributed by atoms with Gasteiger partial charge in [-0.25, -0.2) is 4.98 Å². The van der Waals surface area contributed by atoms with Crippen molar-refractivity contribution < 1.29 is 4.79 Å². The number of benzene rings is 1. The highest BCUT2D eigenvalue weighted by Gasteiger charge is 2.14. The first-order valence-electron chi connectivity index (χ1n) is 4.83. The van der Waals surface area contributed by atoms with Crippen LogP contribution in [0.1, 0.15) is 15.4 Å². The van der Waals surface area contributed by atoms with Crippen LogP contribution in [0.2, 0.25) is 0 Å². The van der Waals surface area contributed by atoms with E-state index in [1.165, 1.54) is 23.1 Å². The first-order chi connectivity index (χ1) is 7.72. The van der Waals surface area contributed by atoms with Gasteiger partial charge in [0.1, 0.15) is 9.88 Å². The topological polar surface area (TPSA) is 30.0 Å². The molecule has 0 radical (unpaired) electrons. The van der Waals surface area contributed by atoms with Crippen LogP contribution in [0, 0.1) is 6.92 Å². The van der Waals surface area contributed by atoms with Gasteiger partial charge in [-0.15, -0.1) is 11.3 Å². The lowest BCUT2D eigenvalue weighted by atomic mass is 10.2. The quantitative estimate of drug-likeness (QED) is 0.814. The second-order valence-corrected chi connectivity index (χ2v) is 5.07. The molecule has 0 aliphatic carbocycles. The third kappa shape index (κ3) is 2.18.